The molecule has 0 saturated carbocycles. The minimum atomic E-state index is -3.05. The molecular weight excluding hydrogens is 278 g/mol. The van der Waals surface area contributed by atoms with Crippen LogP contribution in [-0.4, -0.2) is 15.5 Å². The maximum Gasteiger partial charge on any atom is 0.261 e. The molecule has 3 aromatic carbocycles. The average Bonchev–Trinajstić information content (AvgIpc) is 2.54. The van der Waals surface area contributed by atoms with Gasteiger partial charge in [0.1, 0.15) is 0 Å². The minimum Gasteiger partial charge on any atom is -0.325 e. The Morgan fingerprint density at radius 3 is 2.14 bits per heavy atom. The van der Waals surface area contributed by atoms with Crippen molar-refractivity contribution in [1.82, 2.24) is 0 Å². The van der Waals surface area contributed by atoms with Crippen LogP contribution in [0.5, 0.6) is 0 Å². The fraction of sp³-hybridized carbons (Fsp3) is 0.0588. The van der Waals surface area contributed by atoms with Gasteiger partial charge in [0, 0.05) is 26.1 Å². The number of rotatable bonds is 3. The second kappa shape index (κ2) is 6.30. The summed E-state index contributed by atoms with van der Waals surface area (Å²) < 4.78 is 18.9. The van der Waals surface area contributed by atoms with Crippen LogP contribution in [0, 0.1) is 0 Å². The fourth-order valence-electron chi connectivity index (χ4n) is 2.43. The van der Waals surface area contributed by atoms with E-state index in [1.165, 1.54) is 7.11 Å². The van der Waals surface area contributed by atoms with E-state index in [0.717, 1.165) is 21.4 Å². The predicted molar refractivity (Wildman–Crippen MR) is 90.0 cm³/mol. The van der Waals surface area contributed by atoms with Crippen LogP contribution in [-0.2, 0) is 9.09 Å². The predicted octanol–water partition coefficient (Wildman–Crippen LogP) is 3.33. The van der Waals surface area contributed by atoms with Crippen molar-refractivity contribution < 1.29 is 9.09 Å². The first-order chi connectivity index (χ1) is 9.75. The van der Waals surface area contributed by atoms with Crippen LogP contribution < -0.4 is 10.6 Å². The second-order valence-electron chi connectivity index (χ2n) is 4.57. The quantitative estimate of drug-likeness (QED) is 0.547. The molecule has 2 nitrogen and oxygen atoms in total. The van der Waals surface area contributed by atoms with Gasteiger partial charge in [0.05, 0.1) is 0 Å². The molecule has 0 aromatic heterocycles. The van der Waals surface area contributed by atoms with Crippen LogP contribution in [0.15, 0.2) is 72.8 Å². The molecule has 103 valence electrons. The molecule has 21 heavy (non-hydrogen) atoms. The maximum atomic E-state index is 13.4. The number of fused-ring (bicyclic) bond motifs is 1. The van der Waals surface area contributed by atoms with E-state index in [1.807, 2.05) is 72.8 Å². The molecule has 0 aliphatic rings. The average molecular weight is 293 g/mol. The molecule has 0 N–H and O–H groups in total. The lowest BCUT2D eigenvalue weighted by atomic mass is 10.1. The fourth-order valence-corrected chi connectivity index (χ4v) is 4.49. The van der Waals surface area contributed by atoms with E-state index < -0.39 is 7.37 Å². The van der Waals surface area contributed by atoms with Crippen LogP contribution in [0.2, 0.25) is 0 Å². The molecule has 1 unspecified atom stereocenters. The first-order valence-corrected chi connectivity index (χ1v) is 8.08. The number of hydrogen-bond donors (Lipinski definition) is 0. The number of hydrogen-bond acceptors (Lipinski definition) is 2. The molecule has 4 heteroatoms. The molecule has 0 amide bonds. The zero-order valence-corrected chi connectivity index (χ0v) is 12.7. The van der Waals surface area contributed by atoms with Gasteiger partial charge in [0.25, 0.3) is 7.37 Å². The molecule has 0 fully saturated rings. The Balaban J connectivity index is 0.00000161. The SMILES string of the molecule is COP(=O)(c1ccccc1)c1cccc2ccccc12.[B]. The first-order valence-electron chi connectivity index (χ1n) is 6.45. The summed E-state index contributed by atoms with van der Waals surface area (Å²) in [6.07, 6.45) is 0. The van der Waals surface area contributed by atoms with Crippen molar-refractivity contribution in [2.45, 2.75) is 0 Å². The van der Waals surface area contributed by atoms with Gasteiger partial charge in [-0.15, -0.1) is 0 Å². The zero-order chi connectivity index (χ0) is 14.0. The molecule has 3 rings (SSSR count). The van der Waals surface area contributed by atoms with Crippen molar-refractivity contribution in [3.8, 4) is 0 Å². The van der Waals surface area contributed by atoms with Gasteiger partial charge < -0.3 is 4.52 Å². The molecule has 0 aliphatic carbocycles. The zero-order valence-electron chi connectivity index (χ0n) is 11.8. The van der Waals surface area contributed by atoms with Gasteiger partial charge in [-0.25, -0.2) is 0 Å². The molecule has 0 aliphatic heterocycles. The summed E-state index contributed by atoms with van der Waals surface area (Å²) in [5.41, 5.74) is 0. The summed E-state index contributed by atoms with van der Waals surface area (Å²) in [5, 5.41) is 3.52. The third-order valence-corrected chi connectivity index (χ3v) is 5.95. The lowest BCUT2D eigenvalue weighted by Gasteiger charge is -2.18. The van der Waals surface area contributed by atoms with Crippen molar-refractivity contribution >= 4 is 37.2 Å². The van der Waals surface area contributed by atoms with E-state index in [4.69, 9.17) is 4.52 Å². The Hall–Kier alpha value is -1.83. The topological polar surface area (TPSA) is 26.3 Å². The molecule has 3 aromatic rings. The molecule has 1 atom stereocenters. The highest BCUT2D eigenvalue weighted by Gasteiger charge is 2.28. The molecule has 0 spiro atoms. The van der Waals surface area contributed by atoms with E-state index in [2.05, 4.69) is 0 Å². The van der Waals surface area contributed by atoms with Crippen LogP contribution in [0.3, 0.4) is 0 Å². The summed E-state index contributed by atoms with van der Waals surface area (Å²) in [6, 6.07) is 23.1. The van der Waals surface area contributed by atoms with E-state index in [0.29, 0.717) is 0 Å². The Bertz CT molecular complexity index is 782. The van der Waals surface area contributed by atoms with Gasteiger partial charge in [0.15, 0.2) is 0 Å². The van der Waals surface area contributed by atoms with Gasteiger partial charge in [-0.3, -0.25) is 4.57 Å². The van der Waals surface area contributed by atoms with Crippen molar-refractivity contribution in [2.24, 2.45) is 0 Å². The molecule has 3 radical (unpaired) electrons. The normalized spacial score (nSPS) is 13.4. The molecular formula is C17H15BO2P. The van der Waals surface area contributed by atoms with Crippen molar-refractivity contribution in [3.63, 3.8) is 0 Å². The lowest BCUT2D eigenvalue weighted by molar-refractivity contribution is 0.412. The highest BCUT2D eigenvalue weighted by molar-refractivity contribution is 7.74. The lowest BCUT2D eigenvalue weighted by Crippen LogP contribution is -2.17. The summed E-state index contributed by atoms with van der Waals surface area (Å²) in [7, 11) is -1.54. The van der Waals surface area contributed by atoms with Crippen LogP contribution >= 0.6 is 7.37 Å². The second-order valence-corrected chi connectivity index (χ2v) is 7.03. The third kappa shape index (κ3) is 2.67. The Morgan fingerprint density at radius 1 is 0.810 bits per heavy atom. The van der Waals surface area contributed by atoms with Gasteiger partial charge in [0.2, 0.25) is 0 Å². The standard InChI is InChI=1S/C17H15O2P.B/c1-19-20(18,15-10-3-2-4-11-15)17-13-7-9-14-8-5-6-12-16(14)17;/h2-13H,1H3;. The summed E-state index contributed by atoms with van der Waals surface area (Å²) in [6.45, 7) is 0. The van der Waals surface area contributed by atoms with Gasteiger partial charge in [-0.1, -0.05) is 54.6 Å². The largest absolute Gasteiger partial charge is 0.325 e. The van der Waals surface area contributed by atoms with E-state index in [-0.39, 0.29) is 8.41 Å². The number of benzene rings is 3. The maximum absolute atomic E-state index is 13.4. The van der Waals surface area contributed by atoms with Crippen LogP contribution in [0.4, 0.5) is 0 Å². The van der Waals surface area contributed by atoms with E-state index in [9.17, 15) is 4.57 Å². The smallest absolute Gasteiger partial charge is 0.261 e. The Morgan fingerprint density at radius 2 is 1.43 bits per heavy atom. The van der Waals surface area contributed by atoms with Gasteiger partial charge in [-0.05, 0) is 29.0 Å². The van der Waals surface area contributed by atoms with Crippen molar-refractivity contribution in [1.29, 1.82) is 0 Å². The first kappa shape index (κ1) is 15.6. The van der Waals surface area contributed by atoms with Gasteiger partial charge >= 0.3 is 0 Å². The summed E-state index contributed by atoms with van der Waals surface area (Å²) in [5.74, 6) is 0. The van der Waals surface area contributed by atoms with Crippen molar-refractivity contribution in [2.75, 3.05) is 7.11 Å². The third-order valence-electron chi connectivity index (χ3n) is 3.44. The highest BCUT2D eigenvalue weighted by Crippen LogP contribution is 2.45. The minimum absolute atomic E-state index is 0. The summed E-state index contributed by atoms with van der Waals surface area (Å²) >= 11 is 0. The highest BCUT2D eigenvalue weighted by atomic mass is 31.2. The van der Waals surface area contributed by atoms with E-state index >= 15 is 0 Å². The molecule has 0 heterocycles. The van der Waals surface area contributed by atoms with E-state index in [1.54, 1.807) is 0 Å². The molecule has 0 bridgehead atoms. The van der Waals surface area contributed by atoms with Crippen molar-refractivity contribution in [3.05, 3.63) is 72.8 Å². The molecule has 0 saturated heterocycles. The monoisotopic (exact) mass is 293 g/mol. The Labute approximate surface area is 126 Å². The summed E-state index contributed by atoms with van der Waals surface area (Å²) in [4.78, 5) is 0. The van der Waals surface area contributed by atoms with Crippen LogP contribution in [0.1, 0.15) is 0 Å². The Kier molecular flexibility index (Phi) is 4.67. The van der Waals surface area contributed by atoms with Crippen LogP contribution in [0.25, 0.3) is 10.8 Å². The van der Waals surface area contributed by atoms with Gasteiger partial charge in [-0.2, -0.15) is 0 Å².